The summed E-state index contributed by atoms with van der Waals surface area (Å²) in [5.74, 6) is -1.49. The highest BCUT2D eigenvalue weighted by atomic mass is 35.5. The molecule has 2 atom stereocenters. The van der Waals surface area contributed by atoms with Crippen LogP contribution in [0.3, 0.4) is 0 Å². The van der Waals surface area contributed by atoms with E-state index >= 15 is 0 Å². The van der Waals surface area contributed by atoms with Crippen molar-refractivity contribution in [2.24, 2.45) is 5.92 Å². The molecule has 2 aliphatic rings. The third kappa shape index (κ3) is 4.38. The summed E-state index contributed by atoms with van der Waals surface area (Å²) in [6.45, 7) is 1.90. The van der Waals surface area contributed by atoms with Gasteiger partial charge in [0.1, 0.15) is 5.54 Å². The molecule has 1 aliphatic heterocycles. The summed E-state index contributed by atoms with van der Waals surface area (Å²) < 4.78 is 62.3. The van der Waals surface area contributed by atoms with Crippen LogP contribution in [0.1, 0.15) is 29.3 Å². The summed E-state index contributed by atoms with van der Waals surface area (Å²) in [5, 5.41) is 3.29. The molecule has 1 aliphatic carbocycles. The van der Waals surface area contributed by atoms with E-state index in [1.165, 1.54) is 23.4 Å². The average molecular weight is 593 g/mol. The summed E-state index contributed by atoms with van der Waals surface area (Å²) in [6, 6.07) is 10.7. The predicted octanol–water partition coefficient (Wildman–Crippen LogP) is 4.71. The highest BCUT2D eigenvalue weighted by Crippen LogP contribution is 2.56. The van der Waals surface area contributed by atoms with E-state index in [4.69, 9.17) is 11.6 Å². The Morgan fingerprint density at radius 3 is 2.30 bits per heavy atom. The predicted molar refractivity (Wildman–Crippen MR) is 138 cm³/mol. The molecule has 0 bridgehead atoms. The van der Waals surface area contributed by atoms with Crippen molar-refractivity contribution in [3.8, 4) is 0 Å². The van der Waals surface area contributed by atoms with Gasteiger partial charge in [-0.2, -0.15) is 13.2 Å². The molecule has 1 N–H and O–H groups in total. The Labute approximate surface area is 231 Å². The Kier molecular flexibility index (Phi) is 6.62. The van der Waals surface area contributed by atoms with Gasteiger partial charge in [-0.15, -0.1) is 0 Å². The number of amides is 4. The highest BCUT2D eigenvalue weighted by Gasteiger charge is 2.71. The fourth-order valence-electron chi connectivity index (χ4n) is 4.75. The molecular formula is C26H20ClF3N4O5S. The molecule has 1 spiro atoms. The quantitative estimate of drug-likeness (QED) is 0.414. The van der Waals surface area contributed by atoms with Crippen molar-refractivity contribution in [2.45, 2.75) is 35.8 Å². The Balaban J connectivity index is 1.47. The van der Waals surface area contributed by atoms with Crippen LogP contribution in [-0.4, -0.2) is 42.3 Å². The Morgan fingerprint density at radius 1 is 1.10 bits per heavy atom. The minimum absolute atomic E-state index is 0.0320. The summed E-state index contributed by atoms with van der Waals surface area (Å²) in [5.41, 5.74) is -6.01. The molecule has 4 amide bonds. The molecule has 208 valence electrons. The van der Waals surface area contributed by atoms with E-state index in [1.807, 2.05) is 0 Å². The van der Waals surface area contributed by atoms with Gasteiger partial charge in [-0.1, -0.05) is 30.7 Å². The van der Waals surface area contributed by atoms with Crippen molar-refractivity contribution in [1.29, 1.82) is 0 Å². The second-order valence-corrected chi connectivity index (χ2v) is 11.8. The number of anilines is 2. The lowest BCUT2D eigenvalue weighted by atomic mass is 10.1. The molecule has 40 heavy (non-hydrogen) atoms. The standard InChI is InChI=1S/C26H20ClF3N4O5S/c1-15-12-25(15)23(36)33(18-6-8-19(9-7-18)40(38,39)26(28,29)30)24(37)34(25)21-10-11-31-14-20(21)22(35)32-13-16-2-4-17(27)5-3-16/h2-11,14-15H,12-13H2,1H3,(H,32,35). The maximum Gasteiger partial charge on any atom is 0.501 e. The number of imide groups is 1. The van der Waals surface area contributed by atoms with Crippen molar-refractivity contribution < 1.29 is 36.0 Å². The van der Waals surface area contributed by atoms with Crippen LogP contribution in [0.5, 0.6) is 0 Å². The number of carbonyl (C=O) groups is 3. The van der Waals surface area contributed by atoms with Crippen molar-refractivity contribution in [2.75, 3.05) is 9.80 Å². The fourth-order valence-corrected chi connectivity index (χ4v) is 5.64. The molecule has 3 aromatic rings. The number of urea groups is 1. The maximum atomic E-state index is 13.7. The van der Waals surface area contributed by atoms with Gasteiger partial charge in [0.2, 0.25) is 0 Å². The molecule has 1 saturated carbocycles. The third-order valence-electron chi connectivity index (χ3n) is 6.99. The molecule has 1 saturated heterocycles. The van der Waals surface area contributed by atoms with Crippen LogP contribution >= 0.6 is 11.6 Å². The van der Waals surface area contributed by atoms with Crippen molar-refractivity contribution >= 4 is 50.7 Å². The lowest BCUT2D eigenvalue weighted by Gasteiger charge is -2.24. The van der Waals surface area contributed by atoms with Crippen LogP contribution in [0.25, 0.3) is 0 Å². The molecule has 1 aromatic heterocycles. The SMILES string of the molecule is CC1CC12C(=O)N(c1ccc(S(=O)(=O)C(F)(F)F)cc1)C(=O)N2c1ccncc1C(=O)NCc1ccc(Cl)cc1. The second kappa shape index (κ2) is 9.59. The van der Waals surface area contributed by atoms with Gasteiger partial charge in [0, 0.05) is 24.0 Å². The zero-order valence-corrected chi connectivity index (χ0v) is 22.2. The molecular weight excluding hydrogens is 573 g/mol. The van der Waals surface area contributed by atoms with Gasteiger partial charge in [0.05, 0.1) is 21.8 Å². The number of hydrogen-bond acceptors (Lipinski definition) is 6. The van der Waals surface area contributed by atoms with Crippen molar-refractivity contribution in [1.82, 2.24) is 10.3 Å². The normalized spacial score (nSPS) is 20.8. The summed E-state index contributed by atoms with van der Waals surface area (Å²) in [4.78, 5) is 45.4. The summed E-state index contributed by atoms with van der Waals surface area (Å²) in [7, 11) is -5.62. The largest absolute Gasteiger partial charge is 0.501 e. The lowest BCUT2D eigenvalue weighted by molar-refractivity contribution is -0.119. The van der Waals surface area contributed by atoms with Gasteiger partial charge in [0.15, 0.2) is 0 Å². The van der Waals surface area contributed by atoms with E-state index in [-0.39, 0.29) is 35.8 Å². The smallest absolute Gasteiger partial charge is 0.348 e. The highest BCUT2D eigenvalue weighted by molar-refractivity contribution is 7.92. The first kappa shape index (κ1) is 27.6. The molecule has 2 aromatic carbocycles. The Bertz CT molecular complexity index is 1630. The summed E-state index contributed by atoms with van der Waals surface area (Å²) in [6.07, 6.45) is 2.91. The second-order valence-electron chi connectivity index (χ2n) is 9.43. The van der Waals surface area contributed by atoms with Crippen LogP contribution in [0.2, 0.25) is 5.02 Å². The van der Waals surface area contributed by atoms with E-state index < -0.39 is 43.6 Å². The Morgan fingerprint density at radius 2 is 1.73 bits per heavy atom. The number of pyridine rings is 1. The number of benzene rings is 2. The number of hydrogen-bond donors (Lipinski definition) is 1. The van der Waals surface area contributed by atoms with E-state index in [2.05, 4.69) is 10.3 Å². The van der Waals surface area contributed by atoms with Crippen LogP contribution in [-0.2, 0) is 21.2 Å². The molecule has 2 heterocycles. The van der Waals surface area contributed by atoms with E-state index in [0.717, 1.165) is 22.6 Å². The third-order valence-corrected chi connectivity index (χ3v) is 8.74. The summed E-state index contributed by atoms with van der Waals surface area (Å²) >= 11 is 5.90. The number of alkyl halides is 3. The number of aromatic nitrogens is 1. The number of sulfone groups is 1. The topological polar surface area (TPSA) is 117 Å². The molecule has 9 nitrogen and oxygen atoms in total. The van der Waals surface area contributed by atoms with E-state index in [9.17, 15) is 36.0 Å². The van der Waals surface area contributed by atoms with Crippen LogP contribution in [0, 0.1) is 5.92 Å². The first-order valence-electron chi connectivity index (χ1n) is 11.9. The van der Waals surface area contributed by atoms with E-state index in [1.54, 1.807) is 31.2 Å². The van der Waals surface area contributed by atoms with Gasteiger partial charge in [-0.25, -0.2) is 18.1 Å². The van der Waals surface area contributed by atoms with Gasteiger partial charge in [-0.3, -0.25) is 19.5 Å². The van der Waals surface area contributed by atoms with Gasteiger partial charge in [-0.05, 0) is 60.4 Å². The van der Waals surface area contributed by atoms with Gasteiger partial charge < -0.3 is 5.32 Å². The minimum Gasteiger partial charge on any atom is -0.348 e. The molecule has 14 heteroatoms. The monoisotopic (exact) mass is 592 g/mol. The van der Waals surface area contributed by atoms with Gasteiger partial charge in [0.25, 0.3) is 21.7 Å². The first-order valence-corrected chi connectivity index (χ1v) is 13.7. The fraction of sp³-hybridized carbons (Fsp3) is 0.231. The van der Waals surface area contributed by atoms with Crippen LogP contribution < -0.4 is 15.1 Å². The number of halogens is 4. The molecule has 2 fully saturated rings. The van der Waals surface area contributed by atoms with Crippen molar-refractivity contribution in [3.63, 3.8) is 0 Å². The minimum atomic E-state index is -5.62. The Hall–Kier alpha value is -3.97. The molecule has 2 unspecified atom stereocenters. The number of carbonyl (C=O) groups excluding carboxylic acids is 3. The van der Waals surface area contributed by atoms with E-state index in [0.29, 0.717) is 17.2 Å². The maximum absolute atomic E-state index is 13.7. The van der Waals surface area contributed by atoms with Crippen LogP contribution in [0.15, 0.2) is 71.9 Å². The van der Waals surface area contributed by atoms with Crippen molar-refractivity contribution in [3.05, 3.63) is 83.1 Å². The van der Waals surface area contributed by atoms with Gasteiger partial charge >= 0.3 is 11.5 Å². The van der Waals surface area contributed by atoms with Crippen LogP contribution in [0.4, 0.5) is 29.3 Å². The molecule has 5 rings (SSSR count). The first-order chi connectivity index (χ1) is 18.8. The zero-order valence-electron chi connectivity index (χ0n) is 20.6. The number of rotatable bonds is 6. The zero-order chi connectivity index (χ0) is 29.0. The molecule has 0 radical (unpaired) electrons. The lowest BCUT2D eigenvalue weighted by Crippen LogP contribution is -2.40. The number of nitrogens with one attached hydrogen (secondary N) is 1. The number of nitrogens with zero attached hydrogens (tertiary/aromatic N) is 3. The average Bonchev–Trinajstić information content (AvgIpc) is 3.53.